The van der Waals surface area contributed by atoms with Gasteiger partial charge >= 0.3 is 5.97 Å². The van der Waals surface area contributed by atoms with E-state index in [-0.39, 0.29) is 24.9 Å². The molecule has 3 unspecified atom stereocenters. The number of rotatable bonds is 56. The number of phosphoric acid groups is 1. The summed E-state index contributed by atoms with van der Waals surface area (Å²) in [6.45, 7) is 6.72. The van der Waals surface area contributed by atoms with Crippen LogP contribution in [0.2, 0.25) is 0 Å². The molecule has 0 aromatic heterocycles. The maximum absolute atomic E-state index is 13.5. The predicted octanol–water partition coefficient (Wildman–Crippen LogP) is 18.6. The lowest BCUT2D eigenvalue weighted by molar-refractivity contribution is -0.870. The molecule has 0 radical (unpaired) electrons. The second-order valence-electron chi connectivity index (χ2n) is 22.2. The van der Waals surface area contributed by atoms with E-state index in [1.54, 1.807) is 0 Å². The average Bonchev–Trinajstić information content (AvgIpc) is 3.37. The van der Waals surface area contributed by atoms with E-state index in [1.165, 1.54) is 148 Å². The summed E-state index contributed by atoms with van der Waals surface area (Å²) in [5, 5.41) is 3.02. The van der Waals surface area contributed by atoms with Crippen molar-refractivity contribution in [2.75, 3.05) is 40.9 Å². The molecule has 0 saturated carbocycles. The van der Waals surface area contributed by atoms with Crippen LogP contribution in [0.15, 0.2) is 72.9 Å². The van der Waals surface area contributed by atoms with E-state index >= 15 is 0 Å². The van der Waals surface area contributed by atoms with E-state index < -0.39 is 26.6 Å². The Kier molecular flexibility index (Phi) is 52.9. The number of nitrogens with zero attached hydrogens (tertiary/aromatic N) is 1. The Balaban J connectivity index is 5.25. The molecule has 0 spiro atoms. The molecule has 0 aliphatic carbocycles. The number of hydrogen-bond donors (Lipinski definition) is 1. The van der Waals surface area contributed by atoms with Gasteiger partial charge < -0.3 is 28.5 Å². The van der Waals surface area contributed by atoms with Crippen LogP contribution in [0.3, 0.4) is 0 Å². The van der Waals surface area contributed by atoms with Crippen LogP contribution >= 0.6 is 7.82 Å². The number of unbranched alkanes of at least 4 members (excludes halogenated alkanes) is 30. The van der Waals surface area contributed by atoms with Crippen molar-refractivity contribution in [2.24, 2.45) is 0 Å². The normalized spacial score (nSPS) is 14.2. The van der Waals surface area contributed by atoms with Gasteiger partial charge in [-0.3, -0.25) is 14.2 Å². The van der Waals surface area contributed by atoms with E-state index in [2.05, 4.69) is 86.8 Å². The first-order chi connectivity index (χ1) is 36.4. The smallest absolute Gasteiger partial charge is 0.306 e. The quantitative estimate of drug-likeness (QED) is 0.0212. The maximum atomic E-state index is 13.5. The van der Waals surface area contributed by atoms with E-state index in [9.17, 15) is 19.0 Å². The fourth-order valence-corrected chi connectivity index (χ4v) is 9.57. The van der Waals surface area contributed by atoms with E-state index in [0.717, 1.165) is 89.9 Å². The molecule has 0 aliphatic rings. The highest BCUT2D eigenvalue weighted by molar-refractivity contribution is 7.45. The molecule has 0 rings (SSSR count). The van der Waals surface area contributed by atoms with Gasteiger partial charge in [-0.2, -0.15) is 0 Å². The molecule has 0 aromatic carbocycles. The summed E-state index contributed by atoms with van der Waals surface area (Å²) >= 11 is 0. The molecule has 0 aromatic rings. The summed E-state index contributed by atoms with van der Waals surface area (Å²) in [6.07, 6.45) is 70.1. The maximum Gasteiger partial charge on any atom is 0.306 e. The van der Waals surface area contributed by atoms with Gasteiger partial charge in [0.25, 0.3) is 7.82 Å². The van der Waals surface area contributed by atoms with Gasteiger partial charge in [-0.25, -0.2) is 0 Å². The van der Waals surface area contributed by atoms with E-state index in [1.807, 2.05) is 33.3 Å². The van der Waals surface area contributed by atoms with E-state index in [0.29, 0.717) is 23.9 Å². The lowest BCUT2D eigenvalue weighted by Crippen LogP contribution is -2.47. The zero-order valence-electron chi connectivity index (χ0n) is 49.7. The van der Waals surface area contributed by atoms with E-state index in [4.69, 9.17) is 13.8 Å². The number of amides is 1. The fourth-order valence-electron chi connectivity index (χ4n) is 8.84. The van der Waals surface area contributed by atoms with Crippen LogP contribution in [-0.2, 0) is 27.9 Å². The van der Waals surface area contributed by atoms with Crippen LogP contribution in [0.4, 0.5) is 0 Å². The molecule has 0 bridgehead atoms. The van der Waals surface area contributed by atoms with Crippen LogP contribution in [0.5, 0.6) is 0 Å². The van der Waals surface area contributed by atoms with Crippen molar-refractivity contribution in [3.05, 3.63) is 72.9 Å². The summed E-state index contributed by atoms with van der Waals surface area (Å²) in [5.74, 6) is -0.573. The minimum absolute atomic E-state index is 0.0289. The molecule has 75 heavy (non-hydrogen) atoms. The SMILES string of the molecule is CC/C=C\C/C=C\C/C=C\C/C=C\C/C=C\CCCCCC(=O)OC(/C=C/CCCCCCCCCCC)C(COP(=O)([O-])OCC[N+](C)(C)C)NC(=O)CCCCCCCCCCCCCCCCCCCCC. The Morgan fingerprint density at radius 1 is 0.480 bits per heavy atom. The highest BCUT2D eigenvalue weighted by Crippen LogP contribution is 2.38. The summed E-state index contributed by atoms with van der Waals surface area (Å²) in [7, 11) is 1.17. The molecule has 3 atom stereocenters. The summed E-state index contributed by atoms with van der Waals surface area (Å²) in [6, 6.07) is -0.902. The third-order valence-electron chi connectivity index (χ3n) is 13.7. The van der Waals surface area contributed by atoms with Gasteiger partial charge in [0.05, 0.1) is 33.8 Å². The minimum atomic E-state index is -4.71. The number of hydrogen-bond acceptors (Lipinski definition) is 7. The third kappa shape index (κ3) is 56.0. The minimum Gasteiger partial charge on any atom is -0.756 e. The van der Waals surface area contributed by atoms with Crippen LogP contribution < -0.4 is 10.2 Å². The standard InChI is InChI=1S/C65H119N2O7P/c1-7-10-13-16-19-22-25-27-29-31-33-35-37-39-42-45-48-51-54-57-64(68)66-62(61-73-75(70,71)72-60-59-67(4,5)6)63(56-53-50-47-44-41-24-21-18-15-12-9-3)74-65(69)58-55-52-49-46-43-40-38-36-34-32-30-28-26-23-20-17-14-11-8-2/h11,14,20,23,28,30,34,36,40,43,53,56,62-63H,7-10,12-13,15-19,21-22,24-27,29,31-33,35,37-39,41-42,44-52,54-55,57-61H2,1-6H3,(H-,66,68,70,71)/b14-11-,23-20-,30-28-,36-34-,43-40-,56-53+. The number of allylic oxidation sites excluding steroid dienone is 11. The first-order valence-electron chi connectivity index (χ1n) is 31.2. The molecule has 10 heteroatoms. The molecule has 0 saturated heterocycles. The molecular formula is C65H119N2O7P. The zero-order chi connectivity index (χ0) is 55.0. The zero-order valence-corrected chi connectivity index (χ0v) is 50.6. The number of likely N-dealkylation sites (N-methyl/N-ethyl adjacent to an activating group) is 1. The van der Waals surface area contributed by atoms with Crippen LogP contribution in [0.1, 0.15) is 278 Å². The highest BCUT2D eigenvalue weighted by Gasteiger charge is 2.27. The number of phosphoric ester groups is 1. The topological polar surface area (TPSA) is 114 Å². The van der Waals surface area contributed by atoms with Crippen molar-refractivity contribution in [1.29, 1.82) is 0 Å². The number of quaternary nitrogens is 1. The lowest BCUT2D eigenvalue weighted by Gasteiger charge is -2.30. The van der Waals surface area contributed by atoms with Crippen molar-refractivity contribution < 1.29 is 37.3 Å². The van der Waals surface area contributed by atoms with Gasteiger partial charge in [0.2, 0.25) is 5.91 Å². The van der Waals surface area contributed by atoms with Gasteiger partial charge in [0.1, 0.15) is 19.3 Å². The second kappa shape index (κ2) is 54.8. The molecule has 1 N–H and O–H groups in total. The number of ether oxygens (including phenoxy) is 1. The molecule has 9 nitrogen and oxygen atoms in total. The highest BCUT2D eigenvalue weighted by atomic mass is 31.2. The van der Waals surface area contributed by atoms with Crippen LogP contribution in [0, 0.1) is 0 Å². The summed E-state index contributed by atoms with van der Waals surface area (Å²) in [4.78, 5) is 40.0. The number of nitrogens with one attached hydrogen (secondary N) is 1. The summed E-state index contributed by atoms with van der Waals surface area (Å²) in [5.41, 5.74) is 0. The van der Waals surface area contributed by atoms with Crippen molar-refractivity contribution in [2.45, 2.75) is 290 Å². The Labute approximate surface area is 463 Å². The molecule has 1 amide bonds. The van der Waals surface area contributed by atoms with Crippen molar-refractivity contribution in [3.8, 4) is 0 Å². The second-order valence-corrected chi connectivity index (χ2v) is 23.6. The molecule has 0 heterocycles. The Morgan fingerprint density at radius 2 is 0.853 bits per heavy atom. The van der Waals surface area contributed by atoms with Crippen molar-refractivity contribution in [3.63, 3.8) is 0 Å². The van der Waals surface area contributed by atoms with Gasteiger partial charge in [0, 0.05) is 12.8 Å². The number of esters is 1. The Hall–Kier alpha value is -2.55. The van der Waals surface area contributed by atoms with Gasteiger partial charge in [-0.15, -0.1) is 0 Å². The van der Waals surface area contributed by atoms with Gasteiger partial charge in [-0.05, 0) is 76.7 Å². The fraction of sp³-hybridized carbons (Fsp3) is 0.785. The molecule has 0 aliphatic heterocycles. The molecule has 436 valence electrons. The Morgan fingerprint density at radius 3 is 1.29 bits per heavy atom. The first-order valence-corrected chi connectivity index (χ1v) is 32.7. The monoisotopic (exact) mass is 1070 g/mol. The first kappa shape index (κ1) is 72.5. The number of carbonyl (C=O) groups is 2. The van der Waals surface area contributed by atoms with Crippen LogP contribution in [0.25, 0.3) is 0 Å². The Bertz CT molecular complexity index is 1510. The predicted molar refractivity (Wildman–Crippen MR) is 321 cm³/mol. The molecular weight excluding hydrogens is 952 g/mol. The van der Waals surface area contributed by atoms with Gasteiger partial charge in [-0.1, -0.05) is 261 Å². The number of carbonyl (C=O) groups excluding carboxylic acids is 2. The van der Waals surface area contributed by atoms with Crippen molar-refractivity contribution in [1.82, 2.24) is 5.32 Å². The van der Waals surface area contributed by atoms with Crippen LogP contribution in [-0.4, -0.2) is 69.4 Å². The largest absolute Gasteiger partial charge is 0.756 e. The third-order valence-corrected chi connectivity index (χ3v) is 14.6. The van der Waals surface area contributed by atoms with Gasteiger partial charge in [0.15, 0.2) is 0 Å². The van der Waals surface area contributed by atoms with Crippen molar-refractivity contribution >= 4 is 19.7 Å². The molecule has 0 fully saturated rings. The average molecular weight is 1070 g/mol. The lowest BCUT2D eigenvalue weighted by atomic mass is 10.0. The summed E-state index contributed by atoms with van der Waals surface area (Å²) < 4.78 is 30.3.